The molecule has 1 aliphatic heterocycles. The molecule has 0 aliphatic carbocycles. The highest BCUT2D eigenvalue weighted by atomic mass is 35.5. The number of likely N-dealkylation sites (tertiary alicyclic amines) is 1. The molecule has 4 nitrogen and oxygen atoms in total. The summed E-state index contributed by atoms with van der Waals surface area (Å²) in [6.07, 6.45) is 4.27. The van der Waals surface area contributed by atoms with Gasteiger partial charge in [0.1, 0.15) is 0 Å². The van der Waals surface area contributed by atoms with E-state index in [-0.39, 0.29) is 11.9 Å². The van der Waals surface area contributed by atoms with Gasteiger partial charge in [-0.3, -0.25) is 9.69 Å². The number of H-pyrrole nitrogens is 1. The number of carbonyl (C=O) groups is 1. The predicted octanol–water partition coefficient (Wildman–Crippen LogP) is 4.39. The molecule has 0 spiro atoms. The topological polar surface area (TPSA) is 48.1 Å². The number of rotatable bonds is 5. The van der Waals surface area contributed by atoms with Gasteiger partial charge >= 0.3 is 0 Å². The van der Waals surface area contributed by atoms with Crippen molar-refractivity contribution in [1.29, 1.82) is 0 Å². The maximum absolute atomic E-state index is 12.8. The Hall–Kier alpha value is -2.30. The van der Waals surface area contributed by atoms with Crippen molar-refractivity contribution < 1.29 is 4.79 Å². The van der Waals surface area contributed by atoms with E-state index in [1.54, 1.807) is 0 Å². The van der Waals surface area contributed by atoms with Gasteiger partial charge in [0.05, 0.1) is 6.04 Å². The molecule has 1 amide bonds. The standard InChI is InChI=1S/C21H22ClN3O/c22-16-6-3-5-15(13-16)20(25-11-1-2-12-25)14-24-21(26)18-7-4-8-19-17(18)9-10-23-19/h3-10,13,20,23H,1-2,11-12,14H2,(H,24,26)/t20-/m1/s1. The summed E-state index contributed by atoms with van der Waals surface area (Å²) in [7, 11) is 0. The summed E-state index contributed by atoms with van der Waals surface area (Å²) < 4.78 is 0. The van der Waals surface area contributed by atoms with E-state index in [1.165, 1.54) is 12.8 Å². The van der Waals surface area contributed by atoms with Gasteiger partial charge in [0, 0.05) is 34.2 Å². The van der Waals surface area contributed by atoms with Crippen LogP contribution in [0, 0.1) is 0 Å². The lowest BCUT2D eigenvalue weighted by Crippen LogP contribution is -2.36. The van der Waals surface area contributed by atoms with Crippen LogP contribution in [0.5, 0.6) is 0 Å². The zero-order valence-corrected chi connectivity index (χ0v) is 15.3. The van der Waals surface area contributed by atoms with Gasteiger partial charge in [-0.05, 0) is 61.8 Å². The van der Waals surface area contributed by atoms with E-state index in [2.05, 4.69) is 21.3 Å². The summed E-state index contributed by atoms with van der Waals surface area (Å²) in [5, 5.41) is 4.82. The molecule has 1 saturated heterocycles. The molecule has 3 aromatic rings. The summed E-state index contributed by atoms with van der Waals surface area (Å²) >= 11 is 6.20. The van der Waals surface area contributed by atoms with Crippen molar-refractivity contribution in [1.82, 2.24) is 15.2 Å². The lowest BCUT2D eigenvalue weighted by molar-refractivity contribution is 0.0939. The quantitative estimate of drug-likeness (QED) is 0.702. The van der Waals surface area contributed by atoms with Crippen LogP contribution in [0.25, 0.3) is 10.9 Å². The number of hydrogen-bond donors (Lipinski definition) is 2. The number of fused-ring (bicyclic) bond motifs is 1. The number of aromatic nitrogens is 1. The molecule has 5 heteroatoms. The number of hydrogen-bond acceptors (Lipinski definition) is 2. The molecule has 0 radical (unpaired) electrons. The van der Waals surface area contributed by atoms with Crippen molar-refractivity contribution in [3.05, 3.63) is 70.9 Å². The maximum atomic E-state index is 12.8. The summed E-state index contributed by atoms with van der Waals surface area (Å²) in [6, 6.07) is 15.8. The van der Waals surface area contributed by atoms with Crippen molar-refractivity contribution in [2.75, 3.05) is 19.6 Å². The highest BCUT2D eigenvalue weighted by molar-refractivity contribution is 6.30. The number of nitrogens with zero attached hydrogens (tertiary/aromatic N) is 1. The van der Waals surface area contributed by atoms with Crippen LogP contribution in [0.1, 0.15) is 34.8 Å². The van der Waals surface area contributed by atoms with Gasteiger partial charge in [0.25, 0.3) is 5.91 Å². The highest BCUT2D eigenvalue weighted by Gasteiger charge is 2.24. The Labute approximate surface area is 158 Å². The van der Waals surface area contributed by atoms with Crippen molar-refractivity contribution in [2.45, 2.75) is 18.9 Å². The van der Waals surface area contributed by atoms with E-state index in [0.717, 1.165) is 34.6 Å². The highest BCUT2D eigenvalue weighted by Crippen LogP contribution is 2.27. The Balaban J connectivity index is 1.54. The number of benzene rings is 2. The van der Waals surface area contributed by atoms with Crippen LogP contribution in [0.2, 0.25) is 5.02 Å². The van der Waals surface area contributed by atoms with Crippen LogP contribution in [0.3, 0.4) is 0 Å². The number of halogens is 1. The third kappa shape index (κ3) is 3.48. The summed E-state index contributed by atoms with van der Waals surface area (Å²) in [5.74, 6) is -0.0403. The largest absolute Gasteiger partial charge is 0.361 e. The van der Waals surface area contributed by atoms with E-state index in [4.69, 9.17) is 11.6 Å². The first-order valence-electron chi connectivity index (χ1n) is 9.06. The van der Waals surface area contributed by atoms with Gasteiger partial charge in [0.2, 0.25) is 0 Å². The molecule has 2 heterocycles. The summed E-state index contributed by atoms with van der Waals surface area (Å²) in [6.45, 7) is 2.68. The molecule has 1 aromatic heterocycles. The lowest BCUT2D eigenvalue weighted by atomic mass is 10.0. The first kappa shape index (κ1) is 17.1. The van der Waals surface area contributed by atoms with Crippen LogP contribution in [0.4, 0.5) is 0 Å². The fraction of sp³-hybridized carbons (Fsp3) is 0.286. The van der Waals surface area contributed by atoms with Crippen LogP contribution < -0.4 is 5.32 Å². The van der Waals surface area contributed by atoms with Crippen LogP contribution in [-0.2, 0) is 0 Å². The number of aromatic amines is 1. The Bertz CT molecular complexity index is 914. The second kappa shape index (κ2) is 7.52. The lowest BCUT2D eigenvalue weighted by Gasteiger charge is -2.28. The number of amides is 1. The monoisotopic (exact) mass is 367 g/mol. The van der Waals surface area contributed by atoms with Crippen molar-refractivity contribution in [3.63, 3.8) is 0 Å². The second-order valence-electron chi connectivity index (χ2n) is 6.77. The summed E-state index contributed by atoms with van der Waals surface area (Å²) in [4.78, 5) is 18.4. The smallest absolute Gasteiger partial charge is 0.252 e. The summed E-state index contributed by atoms with van der Waals surface area (Å²) in [5.41, 5.74) is 2.83. The van der Waals surface area contributed by atoms with Crippen molar-refractivity contribution >= 4 is 28.4 Å². The molecule has 134 valence electrons. The molecular formula is C21H22ClN3O. The van der Waals surface area contributed by atoms with Gasteiger partial charge in [-0.1, -0.05) is 29.8 Å². The van der Waals surface area contributed by atoms with E-state index < -0.39 is 0 Å². The van der Waals surface area contributed by atoms with E-state index >= 15 is 0 Å². The first-order valence-corrected chi connectivity index (χ1v) is 9.44. The fourth-order valence-electron chi connectivity index (χ4n) is 3.79. The predicted molar refractivity (Wildman–Crippen MR) is 106 cm³/mol. The molecule has 4 rings (SSSR count). The molecular weight excluding hydrogens is 346 g/mol. The fourth-order valence-corrected chi connectivity index (χ4v) is 3.99. The van der Waals surface area contributed by atoms with E-state index in [0.29, 0.717) is 12.1 Å². The van der Waals surface area contributed by atoms with E-state index in [9.17, 15) is 4.79 Å². The van der Waals surface area contributed by atoms with Gasteiger partial charge in [-0.25, -0.2) is 0 Å². The van der Waals surface area contributed by atoms with Gasteiger partial charge in [-0.15, -0.1) is 0 Å². The third-order valence-electron chi connectivity index (χ3n) is 5.11. The zero-order valence-electron chi connectivity index (χ0n) is 14.5. The molecule has 2 N–H and O–H groups in total. The number of carbonyl (C=O) groups excluding carboxylic acids is 1. The van der Waals surface area contributed by atoms with Crippen molar-refractivity contribution in [3.8, 4) is 0 Å². The maximum Gasteiger partial charge on any atom is 0.252 e. The second-order valence-corrected chi connectivity index (χ2v) is 7.20. The molecule has 1 fully saturated rings. The normalized spacial score (nSPS) is 16.0. The Morgan fingerprint density at radius 2 is 1.96 bits per heavy atom. The molecule has 2 aromatic carbocycles. The molecule has 1 atom stereocenters. The Morgan fingerprint density at radius 3 is 2.77 bits per heavy atom. The minimum absolute atomic E-state index is 0.0403. The minimum atomic E-state index is -0.0403. The average molecular weight is 368 g/mol. The molecule has 26 heavy (non-hydrogen) atoms. The van der Waals surface area contributed by atoms with Crippen molar-refractivity contribution in [2.24, 2.45) is 0 Å². The third-order valence-corrected chi connectivity index (χ3v) is 5.35. The first-order chi connectivity index (χ1) is 12.7. The average Bonchev–Trinajstić information content (AvgIpc) is 3.33. The molecule has 1 aliphatic rings. The van der Waals surface area contributed by atoms with Crippen LogP contribution in [0.15, 0.2) is 54.7 Å². The Morgan fingerprint density at radius 1 is 1.15 bits per heavy atom. The van der Waals surface area contributed by atoms with Gasteiger partial charge in [-0.2, -0.15) is 0 Å². The van der Waals surface area contributed by atoms with Gasteiger partial charge < -0.3 is 10.3 Å². The Kier molecular flexibility index (Phi) is 4.96. The zero-order chi connectivity index (χ0) is 17.9. The van der Waals surface area contributed by atoms with E-state index in [1.807, 2.05) is 48.7 Å². The SMILES string of the molecule is O=C(NC[C@H](c1cccc(Cl)c1)N1CCCC1)c1cccc2[nH]ccc12. The van der Waals surface area contributed by atoms with Crippen LogP contribution in [-0.4, -0.2) is 35.4 Å². The van der Waals surface area contributed by atoms with Crippen LogP contribution >= 0.6 is 11.6 Å². The molecule has 0 saturated carbocycles. The molecule has 0 unspecified atom stereocenters. The number of nitrogens with one attached hydrogen (secondary N) is 2. The van der Waals surface area contributed by atoms with Gasteiger partial charge in [0.15, 0.2) is 0 Å². The molecule has 0 bridgehead atoms. The minimum Gasteiger partial charge on any atom is -0.361 e.